The summed E-state index contributed by atoms with van der Waals surface area (Å²) in [5, 5.41) is 0. The molecular weight excluding hydrogens is 282 g/mol. The molecule has 0 saturated heterocycles. The highest BCUT2D eigenvalue weighted by Gasteiger charge is 2.34. The van der Waals surface area contributed by atoms with Gasteiger partial charge in [-0.1, -0.05) is 37.3 Å². The van der Waals surface area contributed by atoms with Gasteiger partial charge >= 0.3 is 6.18 Å². The van der Waals surface area contributed by atoms with E-state index < -0.39 is 17.6 Å². The van der Waals surface area contributed by atoms with Crippen LogP contribution in [0.5, 0.6) is 0 Å². The molecule has 0 aliphatic rings. The second-order valence-electron chi connectivity index (χ2n) is 4.83. The molecule has 0 aliphatic carbocycles. The Balaban J connectivity index is 2.39. The Kier molecular flexibility index (Phi) is 4.32. The van der Waals surface area contributed by atoms with Gasteiger partial charge in [0.25, 0.3) is 0 Å². The van der Waals surface area contributed by atoms with E-state index >= 15 is 0 Å². The molecular formula is C16H15F4N. The van der Waals surface area contributed by atoms with Gasteiger partial charge in [-0.15, -0.1) is 0 Å². The molecule has 0 amide bonds. The van der Waals surface area contributed by atoms with Crippen LogP contribution in [0.1, 0.15) is 30.5 Å². The van der Waals surface area contributed by atoms with Crippen LogP contribution in [0.15, 0.2) is 42.5 Å². The number of alkyl halides is 3. The van der Waals surface area contributed by atoms with Crippen LogP contribution in [-0.4, -0.2) is 0 Å². The molecule has 0 saturated carbocycles. The van der Waals surface area contributed by atoms with Crippen molar-refractivity contribution in [2.45, 2.75) is 25.6 Å². The summed E-state index contributed by atoms with van der Waals surface area (Å²) in [4.78, 5) is 0. The molecule has 1 atom stereocenters. The molecule has 0 bridgehead atoms. The van der Waals surface area contributed by atoms with Crippen molar-refractivity contribution in [2.75, 3.05) is 0 Å². The summed E-state index contributed by atoms with van der Waals surface area (Å²) < 4.78 is 51.4. The number of rotatable bonds is 3. The first kappa shape index (κ1) is 15.5. The highest BCUT2D eigenvalue weighted by molar-refractivity contribution is 5.64. The lowest BCUT2D eigenvalue weighted by atomic mass is 9.98. The van der Waals surface area contributed by atoms with Gasteiger partial charge in [0.1, 0.15) is 5.82 Å². The summed E-state index contributed by atoms with van der Waals surface area (Å²) >= 11 is 0. The van der Waals surface area contributed by atoms with Gasteiger partial charge in [-0.2, -0.15) is 13.2 Å². The molecule has 1 unspecified atom stereocenters. The maximum Gasteiger partial charge on any atom is 0.419 e. The van der Waals surface area contributed by atoms with E-state index in [0.717, 1.165) is 24.1 Å². The fourth-order valence-corrected chi connectivity index (χ4v) is 2.08. The van der Waals surface area contributed by atoms with Crippen molar-refractivity contribution >= 4 is 0 Å². The molecule has 0 spiro atoms. The van der Waals surface area contributed by atoms with Crippen molar-refractivity contribution < 1.29 is 17.6 Å². The fraction of sp³-hybridized carbons (Fsp3) is 0.250. The predicted molar refractivity (Wildman–Crippen MR) is 74.1 cm³/mol. The third kappa shape index (κ3) is 3.42. The first-order valence-electron chi connectivity index (χ1n) is 6.55. The van der Waals surface area contributed by atoms with Crippen LogP contribution >= 0.6 is 0 Å². The van der Waals surface area contributed by atoms with Gasteiger partial charge in [0, 0.05) is 6.04 Å². The Morgan fingerprint density at radius 2 is 1.57 bits per heavy atom. The Labute approximate surface area is 120 Å². The van der Waals surface area contributed by atoms with Crippen molar-refractivity contribution in [2.24, 2.45) is 5.73 Å². The lowest BCUT2D eigenvalue weighted by Crippen LogP contribution is -2.08. The maximum atomic E-state index is 13.3. The number of benzene rings is 2. The average Bonchev–Trinajstić information content (AvgIpc) is 2.46. The highest BCUT2D eigenvalue weighted by atomic mass is 19.4. The average molecular weight is 297 g/mol. The first-order valence-corrected chi connectivity index (χ1v) is 6.55. The van der Waals surface area contributed by atoms with E-state index in [4.69, 9.17) is 5.73 Å². The van der Waals surface area contributed by atoms with Crippen LogP contribution in [0.25, 0.3) is 11.1 Å². The van der Waals surface area contributed by atoms with Gasteiger partial charge in [-0.05, 0) is 35.2 Å². The first-order chi connectivity index (χ1) is 9.82. The number of halogens is 4. The molecule has 21 heavy (non-hydrogen) atoms. The maximum absolute atomic E-state index is 13.3. The van der Waals surface area contributed by atoms with E-state index in [9.17, 15) is 17.6 Å². The van der Waals surface area contributed by atoms with Crippen molar-refractivity contribution in [3.8, 4) is 11.1 Å². The van der Waals surface area contributed by atoms with Crippen LogP contribution < -0.4 is 5.73 Å². The number of hydrogen-bond acceptors (Lipinski definition) is 1. The van der Waals surface area contributed by atoms with E-state index in [2.05, 4.69) is 0 Å². The monoisotopic (exact) mass is 297 g/mol. The number of nitrogens with two attached hydrogens (primary N) is 1. The zero-order valence-corrected chi connectivity index (χ0v) is 11.4. The van der Waals surface area contributed by atoms with Crippen molar-refractivity contribution in [1.82, 2.24) is 0 Å². The van der Waals surface area contributed by atoms with Crippen molar-refractivity contribution in [3.05, 3.63) is 59.4 Å². The van der Waals surface area contributed by atoms with Crippen LogP contribution in [0, 0.1) is 5.82 Å². The summed E-state index contributed by atoms with van der Waals surface area (Å²) in [7, 11) is 0. The zero-order valence-electron chi connectivity index (χ0n) is 11.4. The van der Waals surface area contributed by atoms with Gasteiger partial charge < -0.3 is 5.73 Å². The summed E-state index contributed by atoms with van der Waals surface area (Å²) in [6.07, 6.45) is -3.93. The molecule has 2 rings (SSSR count). The standard InChI is InChI=1S/C16H15F4N/c1-2-15(21)11-5-3-10(4-6-11)12-7-8-14(17)13(9-12)16(18,19)20/h3-9,15H,2,21H2,1H3. The third-order valence-corrected chi connectivity index (χ3v) is 3.38. The Morgan fingerprint density at radius 1 is 1.00 bits per heavy atom. The second-order valence-corrected chi connectivity index (χ2v) is 4.83. The van der Waals surface area contributed by atoms with Crippen molar-refractivity contribution in [1.29, 1.82) is 0 Å². The van der Waals surface area contributed by atoms with Crippen LogP contribution in [-0.2, 0) is 6.18 Å². The molecule has 0 heterocycles. The minimum atomic E-state index is -4.70. The van der Waals surface area contributed by atoms with Crippen LogP contribution in [0.3, 0.4) is 0 Å². The molecule has 0 aromatic heterocycles. The quantitative estimate of drug-likeness (QED) is 0.799. The number of hydrogen-bond donors (Lipinski definition) is 1. The Hall–Kier alpha value is -1.88. The van der Waals surface area contributed by atoms with Gasteiger partial charge in [0.05, 0.1) is 5.56 Å². The largest absolute Gasteiger partial charge is 0.419 e. The summed E-state index contributed by atoms with van der Waals surface area (Å²) in [6, 6.07) is 9.84. The highest BCUT2D eigenvalue weighted by Crippen LogP contribution is 2.34. The normalized spacial score (nSPS) is 13.2. The zero-order chi connectivity index (χ0) is 15.6. The van der Waals surface area contributed by atoms with E-state index in [-0.39, 0.29) is 6.04 Å². The lowest BCUT2D eigenvalue weighted by Gasteiger charge is -2.12. The van der Waals surface area contributed by atoms with E-state index in [1.807, 2.05) is 6.92 Å². The molecule has 0 radical (unpaired) electrons. The molecule has 2 aromatic rings. The summed E-state index contributed by atoms with van der Waals surface area (Å²) in [5.74, 6) is -1.27. The Bertz CT molecular complexity index is 617. The Morgan fingerprint density at radius 3 is 2.10 bits per heavy atom. The van der Waals surface area contributed by atoms with E-state index in [1.165, 1.54) is 6.07 Å². The lowest BCUT2D eigenvalue weighted by molar-refractivity contribution is -0.139. The van der Waals surface area contributed by atoms with Gasteiger partial charge in [0.15, 0.2) is 0 Å². The van der Waals surface area contributed by atoms with E-state index in [0.29, 0.717) is 11.1 Å². The molecule has 2 N–H and O–H groups in total. The molecule has 5 heteroatoms. The molecule has 1 nitrogen and oxygen atoms in total. The predicted octanol–water partition coefficient (Wildman–Crippen LogP) is 4.92. The van der Waals surface area contributed by atoms with Gasteiger partial charge in [-0.3, -0.25) is 0 Å². The van der Waals surface area contributed by atoms with Crippen LogP contribution in [0.4, 0.5) is 17.6 Å². The summed E-state index contributed by atoms with van der Waals surface area (Å²) in [5.41, 5.74) is 6.46. The third-order valence-electron chi connectivity index (χ3n) is 3.38. The SMILES string of the molecule is CCC(N)c1ccc(-c2ccc(F)c(C(F)(F)F)c2)cc1. The minimum absolute atomic E-state index is 0.0991. The van der Waals surface area contributed by atoms with Crippen LogP contribution in [0.2, 0.25) is 0 Å². The topological polar surface area (TPSA) is 26.0 Å². The summed E-state index contributed by atoms with van der Waals surface area (Å²) in [6.45, 7) is 1.95. The minimum Gasteiger partial charge on any atom is -0.324 e. The van der Waals surface area contributed by atoms with E-state index in [1.54, 1.807) is 24.3 Å². The van der Waals surface area contributed by atoms with Gasteiger partial charge in [0.2, 0.25) is 0 Å². The molecule has 112 valence electrons. The smallest absolute Gasteiger partial charge is 0.324 e. The fourth-order valence-electron chi connectivity index (χ4n) is 2.08. The molecule has 0 aliphatic heterocycles. The van der Waals surface area contributed by atoms with Crippen molar-refractivity contribution in [3.63, 3.8) is 0 Å². The molecule has 2 aromatic carbocycles. The molecule has 0 fully saturated rings. The second kappa shape index (κ2) is 5.85. The van der Waals surface area contributed by atoms with Gasteiger partial charge in [-0.25, -0.2) is 4.39 Å².